The molecule has 0 fully saturated rings. The van der Waals surface area contributed by atoms with Gasteiger partial charge < -0.3 is 20.8 Å². The molecule has 4 N–H and O–H groups in total. The van der Waals surface area contributed by atoms with Crippen molar-refractivity contribution < 1.29 is 38.2 Å². The summed E-state index contributed by atoms with van der Waals surface area (Å²) in [4.78, 5) is 57.4. The van der Waals surface area contributed by atoms with Crippen LogP contribution in [0.4, 0.5) is 20.2 Å². The summed E-state index contributed by atoms with van der Waals surface area (Å²) in [6.07, 6.45) is 8.81. The Hall–Kier alpha value is -7.24. The minimum Gasteiger partial charge on any atom is -0.478 e. The molecule has 0 saturated carbocycles. The molecule has 2 amide bonds. The molecule has 0 spiro atoms. The predicted molar refractivity (Wildman–Crippen MR) is 168 cm³/mol. The molecule has 50 heavy (non-hydrogen) atoms. The number of carbonyl (C=O) groups is 4. The lowest BCUT2D eigenvalue weighted by Crippen LogP contribution is -2.18. The fourth-order valence-electron chi connectivity index (χ4n) is 4.78. The number of aryl methyl sites for hydroxylation is 2. The number of nitrogens with zero attached hydrogens (tertiary/aromatic N) is 8. The van der Waals surface area contributed by atoms with Crippen molar-refractivity contribution in [3.8, 4) is 11.6 Å². The summed E-state index contributed by atoms with van der Waals surface area (Å²) in [5.41, 5.74) is -2.11. The van der Waals surface area contributed by atoms with Crippen molar-refractivity contribution in [2.24, 2.45) is 0 Å². The van der Waals surface area contributed by atoms with Crippen LogP contribution in [-0.2, 0) is 12.8 Å². The normalized spacial score (nSPS) is 10.8. The molecule has 0 saturated heterocycles. The van der Waals surface area contributed by atoms with E-state index in [1.165, 1.54) is 49.3 Å². The first kappa shape index (κ1) is 32.7. The summed E-state index contributed by atoms with van der Waals surface area (Å²) in [6, 6.07) is 9.32. The van der Waals surface area contributed by atoms with Crippen molar-refractivity contribution in [1.29, 1.82) is 0 Å². The highest BCUT2D eigenvalue weighted by Crippen LogP contribution is 2.26. The van der Waals surface area contributed by atoms with Gasteiger partial charge in [-0.2, -0.15) is 0 Å². The van der Waals surface area contributed by atoms with Crippen molar-refractivity contribution in [3.05, 3.63) is 131 Å². The second-order valence-electron chi connectivity index (χ2n) is 10.5. The number of aromatic carboxylic acids is 2. The summed E-state index contributed by atoms with van der Waals surface area (Å²) >= 11 is 0. The largest absolute Gasteiger partial charge is 0.478 e. The molecule has 0 radical (unpaired) electrons. The summed E-state index contributed by atoms with van der Waals surface area (Å²) in [5.74, 6) is -5.85. The number of imidazole rings is 2. The second-order valence-corrected chi connectivity index (χ2v) is 10.5. The first-order valence-electron chi connectivity index (χ1n) is 14.5. The van der Waals surface area contributed by atoms with E-state index in [9.17, 15) is 29.4 Å². The average Bonchev–Trinajstić information content (AvgIpc) is 3.85. The van der Waals surface area contributed by atoms with Crippen LogP contribution < -0.4 is 10.6 Å². The number of aromatic nitrogens is 8. The standard InChI is InChI=1S/C32H22F2N10O6/c33-21-13-19(31(47)48)25(37-29(45)23-3-5-27(41-39-23)43-9-7-35-15-43)11-17(21)1-2-18-12-26(20(32(49)50)14-22(18)34)38-30(46)24-4-6-28(42-40-24)44-10-8-36-16-44/h3-16H,1-2H2,(H,37,45)(H,38,46)(H,47,48)(H,49,50). The van der Waals surface area contributed by atoms with E-state index >= 15 is 8.78 Å². The lowest BCUT2D eigenvalue weighted by molar-refractivity contribution is 0.0686. The van der Waals surface area contributed by atoms with Gasteiger partial charge in [0.25, 0.3) is 11.8 Å². The van der Waals surface area contributed by atoms with E-state index in [1.54, 1.807) is 21.5 Å². The van der Waals surface area contributed by atoms with Gasteiger partial charge in [0.2, 0.25) is 0 Å². The van der Waals surface area contributed by atoms with Crippen LogP contribution in [0, 0.1) is 11.6 Å². The van der Waals surface area contributed by atoms with Crippen LogP contribution in [-0.4, -0.2) is 73.5 Å². The molecular weight excluding hydrogens is 658 g/mol. The molecule has 4 aromatic heterocycles. The van der Waals surface area contributed by atoms with Crippen LogP contribution in [0.15, 0.2) is 86.0 Å². The van der Waals surface area contributed by atoms with Crippen LogP contribution >= 0.6 is 0 Å². The van der Waals surface area contributed by atoms with Crippen molar-refractivity contribution >= 4 is 35.1 Å². The van der Waals surface area contributed by atoms with E-state index in [2.05, 4.69) is 41.0 Å². The molecule has 250 valence electrons. The zero-order valence-electron chi connectivity index (χ0n) is 25.4. The zero-order chi connectivity index (χ0) is 35.4. The Bertz CT molecular complexity index is 2070. The molecule has 0 unspecified atom stereocenters. The van der Waals surface area contributed by atoms with Gasteiger partial charge in [0.05, 0.1) is 22.5 Å². The third kappa shape index (κ3) is 7.03. The number of carboxylic acids is 2. The van der Waals surface area contributed by atoms with Crippen LogP contribution in [0.5, 0.6) is 0 Å². The molecule has 6 rings (SSSR count). The van der Waals surface area contributed by atoms with E-state index in [4.69, 9.17) is 0 Å². The number of benzene rings is 2. The first-order chi connectivity index (χ1) is 24.1. The Morgan fingerprint density at radius 3 is 1.36 bits per heavy atom. The van der Waals surface area contributed by atoms with E-state index in [-0.39, 0.29) is 46.7 Å². The van der Waals surface area contributed by atoms with E-state index in [0.29, 0.717) is 11.6 Å². The number of hydrogen-bond donors (Lipinski definition) is 4. The minimum absolute atomic E-state index is 0.0904. The Morgan fingerprint density at radius 1 is 0.620 bits per heavy atom. The number of amides is 2. The Labute approximate surface area is 279 Å². The first-order valence-corrected chi connectivity index (χ1v) is 14.5. The number of anilines is 2. The lowest BCUT2D eigenvalue weighted by atomic mass is 9.99. The van der Waals surface area contributed by atoms with Crippen molar-refractivity contribution in [3.63, 3.8) is 0 Å². The molecule has 0 atom stereocenters. The van der Waals surface area contributed by atoms with Crippen LogP contribution in [0.2, 0.25) is 0 Å². The van der Waals surface area contributed by atoms with Gasteiger partial charge in [0, 0.05) is 24.8 Å². The summed E-state index contributed by atoms with van der Waals surface area (Å²) < 4.78 is 33.3. The van der Waals surface area contributed by atoms with Gasteiger partial charge in [-0.1, -0.05) is 0 Å². The number of carboxylic acid groups (broad SMARTS) is 2. The van der Waals surface area contributed by atoms with E-state index in [1.807, 2.05) is 0 Å². The summed E-state index contributed by atoms with van der Waals surface area (Å²) in [6.45, 7) is 0. The smallest absolute Gasteiger partial charge is 0.337 e. The topological polar surface area (TPSA) is 220 Å². The third-order valence-corrected chi connectivity index (χ3v) is 7.30. The maximum absolute atomic E-state index is 15.1. The Balaban J connectivity index is 1.21. The quantitative estimate of drug-likeness (QED) is 0.154. The summed E-state index contributed by atoms with van der Waals surface area (Å²) in [7, 11) is 0. The van der Waals surface area contributed by atoms with Gasteiger partial charge in [-0.15, -0.1) is 20.4 Å². The van der Waals surface area contributed by atoms with Gasteiger partial charge in [-0.05, 0) is 72.5 Å². The fraction of sp³-hybridized carbons (Fsp3) is 0.0625. The number of nitrogens with one attached hydrogen (secondary N) is 2. The average molecular weight is 681 g/mol. The van der Waals surface area contributed by atoms with Crippen LogP contribution in [0.25, 0.3) is 11.6 Å². The molecule has 0 aliphatic heterocycles. The molecular formula is C32H22F2N10O6. The zero-order valence-corrected chi connectivity index (χ0v) is 25.4. The third-order valence-electron chi connectivity index (χ3n) is 7.30. The Kier molecular flexibility index (Phi) is 9.06. The highest BCUT2D eigenvalue weighted by molar-refractivity contribution is 6.07. The minimum atomic E-state index is -1.52. The molecule has 0 aliphatic carbocycles. The van der Waals surface area contributed by atoms with Gasteiger partial charge in [-0.3, -0.25) is 18.7 Å². The van der Waals surface area contributed by atoms with Crippen molar-refractivity contribution in [2.45, 2.75) is 12.8 Å². The van der Waals surface area contributed by atoms with Gasteiger partial charge in [0.15, 0.2) is 23.0 Å². The monoisotopic (exact) mass is 680 g/mol. The highest BCUT2D eigenvalue weighted by Gasteiger charge is 2.21. The van der Waals surface area contributed by atoms with Crippen molar-refractivity contribution in [1.82, 2.24) is 39.5 Å². The molecule has 6 aromatic rings. The van der Waals surface area contributed by atoms with Crippen molar-refractivity contribution in [2.75, 3.05) is 10.6 Å². The predicted octanol–water partition coefficient (Wildman–Crippen LogP) is 3.60. The van der Waals surface area contributed by atoms with Crippen LogP contribution in [0.3, 0.4) is 0 Å². The molecule has 16 nitrogen and oxygen atoms in total. The fourth-order valence-corrected chi connectivity index (χ4v) is 4.78. The molecule has 0 aliphatic rings. The molecule has 18 heteroatoms. The molecule has 0 bridgehead atoms. The number of rotatable bonds is 11. The van der Waals surface area contributed by atoms with Gasteiger partial charge in [-0.25, -0.2) is 28.3 Å². The lowest BCUT2D eigenvalue weighted by Gasteiger charge is -2.14. The Morgan fingerprint density at radius 2 is 1.04 bits per heavy atom. The van der Waals surface area contributed by atoms with E-state index < -0.39 is 46.5 Å². The number of halogens is 2. The molecule has 4 heterocycles. The van der Waals surface area contributed by atoms with E-state index in [0.717, 1.165) is 24.3 Å². The maximum Gasteiger partial charge on any atom is 0.337 e. The maximum atomic E-state index is 15.1. The molecule has 2 aromatic carbocycles. The van der Waals surface area contributed by atoms with Crippen LogP contribution in [0.1, 0.15) is 52.8 Å². The number of carbonyl (C=O) groups excluding carboxylic acids is 2. The second kappa shape index (κ2) is 13.9. The number of hydrogen-bond acceptors (Lipinski definition) is 10. The highest BCUT2D eigenvalue weighted by atomic mass is 19.1. The summed E-state index contributed by atoms with van der Waals surface area (Å²) in [5, 5.41) is 39.7. The van der Waals surface area contributed by atoms with Gasteiger partial charge in [0.1, 0.15) is 24.3 Å². The van der Waals surface area contributed by atoms with Gasteiger partial charge >= 0.3 is 11.9 Å². The SMILES string of the molecule is O=C(Nc1cc(CCc2cc(NC(=O)c3ccc(-n4ccnc4)nn3)c(C(=O)O)cc2F)c(F)cc1C(=O)O)c1ccc(-n2ccnc2)nn1.